The second kappa shape index (κ2) is 3.53. The highest BCUT2D eigenvalue weighted by Gasteiger charge is 1.90. The molecule has 56 valence electrons. The van der Waals surface area contributed by atoms with Gasteiger partial charge in [-0.3, -0.25) is 5.41 Å². The molecule has 0 aromatic carbocycles. The van der Waals surface area contributed by atoms with Gasteiger partial charge in [0.15, 0.2) is 4.80 Å². The molecule has 1 rings (SSSR count). The van der Waals surface area contributed by atoms with Crippen LogP contribution in [0.3, 0.4) is 0 Å². The van der Waals surface area contributed by atoms with Crippen LogP contribution in [-0.4, -0.2) is 18.3 Å². The maximum absolute atomic E-state index is 7.36. The van der Waals surface area contributed by atoms with E-state index in [1.807, 2.05) is 16.1 Å². The standard InChI is InChI=1S/C6H10N2OS/c1-9-4-2-8-3-5-10-6(8)7/h3,5,7H,2,4H2,1H3. The Morgan fingerprint density at radius 3 is 3.10 bits per heavy atom. The Kier molecular flexibility index (Phi) is 2.65. The summed E-state index contributed by atoms with van der Waals surface area (Å²) in [7, 11) is 1.66. The van der Waals surface area contributed by atoms with E-state index >= 15 is 0 Å². The van der Waals surface area contributed by atoms with Crippen LogP contribution in [0.25, 0.3) is 0 Å². The molecule has 3 nitrogen and oxygen atoms in total. The molecule has 1 heterocycles. The van der Waals surface area contributed by atoms with E-state index < -0.39 is 0 Å². The molecule has 0 aliphatic heterocycles. The van der Waals surface area contributed by atoms with Gasteiger partial charge in [-0.2, -0.15) is 0 Å². The summed E-state index contributed by atoms with van der Waals surface area (Å²) in [6.45, 7) is 1.45. The first-order valence-electron chi connectivity index (χ1n) is 3.02. The van der Waals surface area contributed by atoms with Crippen LogP contribution < -0.4 is 4.80 Å². The lowest BCUT2D eigenvalue weighted by Gasteiger charge is -1.98. The lowest BCUT2D eigenvalue weighted by molar-refractivity contribution is 0.186. The molecule has 0 aliphatic rings. The Morgan fingerprint density at radius 1 is 1.80 bits per heavy atom. The van der Waals surface area contributed by atoms with Crippen molar-refractivity contribution in [3.63, 3.8) is 0 Å². The number of hydrogen-bond acceptors (Lipinski definition) is 3. The van der Waals surface area contributed by atoms with Crippen LogP contribution in [0.1, 0.15) is 0 Å². The molecule has 0 aliphatic carbocycles. The predicted molar refractivity (Wildman–Crippen MR) is 40.0 cm³/mol. The van der Waals surface area contributed by atoms with Crippen LogP contribution in [0, 0.1) is 5.41 Å². The Morgan fingerprint density at radius 2 is 2.60 bits per heavy atom. The van der Waals surface area contributed by atoms with Crippen molar-refractivity contribution in [3.8, 4) is 0 Å². The van der Waals surface area contributed by atoms with Crippen molar-refractivity contribution >= 4 is 11.3 Å². The van der Waals surface area contributed by atoms with Crippen molar-refractivity contribution in [2.75, 3.05) is 13.7 Å². The Bertz CT molecular complexity index is 240. The Balaban J connectivity index is 2.57. The predicted octanol–water partition coefficient (Wildman–Crippen LogP) is 0.675. The summed E-state index contributed by atoms with van der Waals surface area (Å²) in [5.41, 5.74) is 0. The van der Waals surface area contributed by atoms with Gasteiger partial charge in [-0.15, -0.1) is 11.3 Å². The average Bonchev–Trinajstić information content (AvgIpc) is 2.31. The number of thiazole rings is 1. The fourth-order valence-electron chi connectivity index (χ4n) is 0.669. The van der Waals surface area contributed by atoms with E-state index in [-0.39, 0.29) is 0 Å². The van der Waals surface area contributed by atoms with Crippen molar-refractivity contribution < 1.29 is 4.74 Å². The third-order valence-electron chi connectivity index (χ3n) is 1.22. The number of ether oxygens (including phenoxy) is 1. The summed E-state index contributed by atoms with van der Waals surface area (Å²) in [4.78, 5) is 0.581. The smallest absolute Gasteiger partial charge is 0.181 e. The first kappa shape index (κ1) is 7.50. The van der Waals surface area contributed by atoms with Crippen LogP contribution in [0.4, 0.5) is 0 Å². The van der Waals surface area contributed by atoms with Crippen molar-refractivity contribution in [3.05, 3.63) is 16.4 Å². The number of hydrogen-bond donors (Lipinski definition) is 1. The van der Waals surface area contributed by atoms with Crippen molar-refractivity contribution in [1.82, 2.24) is 4.57 Å². The molecule has 10 heavy (non-hydrogen) atoms. The van der Waals surface area contributed by atoms with Crippen LogP contribution >= 0.6 is 11.3 Å². The maximum Gasteiger partial charge on any atom is 0.181 e. The molecule has 0 bridgehead atoms. The molecule has 4 heteroatoms. The van der Waals surface area contributed by atoms with Gasteiger partial charge in [-0.1, -0.05) is 0 Å². The van der Waals surface area contributed by atoms with E-state index in [2.05, 4.69) is 0 Å². The normalized spacial score (nSPS) is 10.1. The zero-order chi connectivity index (χ0) is 7.40. The first-order valence-corrected chi connectivity index (χ1v) is 3.90. The van der Waals surface area contributed by atoms with E-state index in [0.29, 0.717) is 11.4 Å². The summed E-state index contributed by atoms with van der Waals surface area (Å²) in [5, 5.41) is 9.26. The second-order valence-corrected chi connectivity index (χ2v) is 2.79. The molecule has 0 amide bonds. The van der Waals surface area contributed by atoms with Gasteiger partial charge in [0, 0.05) is 25.2 Å². The van der Waals surface area contributed by atoms with Crippen LogP contribution in [0.5, 0.6) is 0 Å². The van der Waals surface area contributed by atoms with Gasteiger partial charge in [0.2, 0.25) is 0 Å². The summed E-state index contributed by atoms with van der Waals surface area (Å²) < 4.78 is 6.73. The van der Waals surface area contributed by atoms with Gasteiger partial charge in [-0.25, -0.2) is 0 Å². The maximum atomic E-state index is 7.36. The van der Waals surface area contributed by atoms with E-state index in [0.717, 1.165) is 6.54 Å². The first-order chi connectivity index (χ1) is 4.84. The van der Waals surface area contributed by atoms with E-state index in [9.17, 15) is 0 Å². The minimum Gasteiger partial charge on any atom is -0.383 e. The molecule has 1 aromatic rings. The van der Waals surface area contributed by atoms with E-state index in [4.69, 9.17) is 10.1 Å². The average molecular weight is 158 g/mol. The molecule has 0 saturated carbocycles. The summed E-state index contributed by atoms with van der Waals surface area (Å²) >= 11 is 1.43. The van der Waals surface area contributed by atoms with Gasteiger partial charge < -0.3 is 9.30 Å². The lowest BCUT2D eigenvalue weighted by atomic mass is 10.6. The van der Waals surface area contributed by atoms with Gasteiger partial charge in [0.25, 0.3) is 0 Å². The van der Waals surface area contributed by atoms with Crippen LogP contribution in [0.15, 0.2) is 11.6 Å². The zero-order valence-electron chi connectivity index (χ0n) is 5.83. The van der Waals surface area contributed by atoms with Gasteiger partial charge in [-0.05, 0) is 0 Å². The number of rotatable bonds is 3. The second-order valence-electron chi connectivity index (χ2n) is 1.89. The number of nitrogens with zero attached hydrogens (tertiary/aromatic N) is 1. The topological polar surface area (TPSA) is 38.0 Å². The monoisotopic (exact) mass is 158 g/mol. The minimum absolute atomic E-state index is 0.581. The molecule has 1 aromatic heterocycles. The van der Waals surface area contributed by atoms with Crippen molar-refractivity contribution in [1.29, 1.82) is 5.41 Å². The molecule has 0 saturated heterocycles. The molecule has 0 atom stereocenters. The molecular formula is C6H10N2OS. The largest absolute Gasteiger partial charge is 0.383 e. The molecule has 0 fully saturated rings. The summed E-state index contributed by atoms with van der Waals surface area (Å²) in [6.07, 6.45) is 1.89. The summed E-state index contributed by atoms with van der Waals surface area (Å²) in [6, 6.07) is 0. The quantitative estimate of drug-likeness (QED) is 0.690. The highest BCUT2D eigenvalue weighted by Crippen LogP contribution is 1.87. The minimum atomic E-state index is 0.581. The molecule has 0 radical (unpaired) electrons. The fourth-order valence-corrected chi connectivity index (χ4v) is 1.29. The van der Waals surface area contributed by atoms with Crippen LogP contribution in [0.2, 0.25) is 0 Å². The highest BCUT2D eigenvalue weighted by atomic mass is 32.1. The van der Waals surface area contributed by atoms with Gasteiger partial charge in [0.1, 0.15) is 0 Å². The summed E-state index contributed by atoms with van der Waals surface area (Å²) in [5.74, 6) is 0. The van der Waals surface area contributed by atoms with E-state index in [1.54, 1.807) is 7.11 Å². The lowest BCUT2D eigenvalue weighted by Crippen LogP contribution is -2.14. The van der Waals surface area contributed by atoms with Crippen molar-refractivity contribution in [2.45, 2.75) is 6.54 Å². The number of nitrogens with one attached hydrogen (secondary N) is 1. The molecule has 0 unspecified atom stereocenters. The third kappa shape index (κ3) is 1.68. The van der Waals surface area contributed by atoms with E-state index in [1.165, 1.54) is 11.3 Å². The molecular weight excluding hydrogens is 148 g/mol. The zero-order valence-corrected chi connectivity index (χ0v) is 6.65. The molecule has 0 spiro atoms. The third-order valence-corrected chi connectivity index (χ3v) is 1.93. The molecule has 1 N–H and O–H groups in total. The van der Waals surface area contributed by atoms with Gasteiger partial charge >= 0.3 is 0 Å². The number of aromatic nitrogens is 1. The van der Waals surface area contributed by atoms with Crippen LogP contribution in [-0.2, 0) is 11.3 Å². The Hall–Kier alpha value is -0.610. The highest BCUT2D eigenvalue weighted by molar-refractivity contribution is 7.06. The SMILES string of the molecule is COCCn1ccsc1=N. The fraction of sp³-hybridized carbons (Fsp3) is 0.500. The number of methoxy groups -OCH3 is 1. The Labute approximate surface area is 63.4 Å². The van der Waals surface area contributed by atoms with Crippen molar-refractivity contribution in [2.24, 2.45) is 0 Å². The van der Waals surface area contributed by atoms with Gasteiger partial charge in [0.05, 0.1) is 6.61 Å².